The van der Waals surface area contributed by atoms with Crippen molar-refractivity contribution in [3.05, 3.63) is 28.4 Å². The average molecular weight is 585 g/mol. The Morgan fingerprint density at radius 1 is 1.28 bits per heavy atom. The van der Waals surface area contributed by atoms with Gasteiger partial charge in [-0.05, 0) is 86.8 Å². The van der Waals surface area contributed by atoms with Crippen LogP contribution in [0.1, 0.15) is 17.3 Å². The first-order valence-corrected chi connectivity index (χ1v) is 8.13. The summed E-state index contributed by atoms with van der Waals surface area (Å²) in [6.45, 7) is 1.59. The number of amides is 1. The molecule has 0 radical (unpaired) electrons. The standard InChI is InChI=1S/C11H10I3NO3/c1-5(11(17)18-2)15-10(16)7-3-6(12)4-8(13)9(7)14/h3-5H,1-2H3,(H,15,16). The molecule has 1 unspecified atom stereocenters. The van der Waals surface area contributed by atoms with Gasteiger partial charge < -0.3 is 10.1 Å². The van der Waals surface area contributed by atoms with Gasteiger partial charge in [0.25, 0.3) is 5.91 Å². The fourth-order valence-electron chi connectivity index (χ4n) is 1.23. The second kappa shape index (κ2) is 7.22. The second-order valence-electron chi connectivity index (χ2n) is 3.47. The van der Waals surface area contributed by atoms with Gasteiger partial charge in [-0.2, -0.15) is 0 Å². The summed E-state index contributed by atoms with van der Waals surface area (Å²) in [6, 6.07) is 3.13. The maximum absolute atomic E-state index is 12.1. The molecule has 0 saturated carbocycles. The van der Waals surface area contributed by atoms with Gasteiger partial charge in [0.05, 0.1) is 12.7 Å². The SMILES string of the molecule is COC(=O)C(C)NC(=O)c1cc(I)cc(I)c1I. The van der Waals surface area contributed by atoms with Crippen molar-refractivity contribution in [2.24, 2.45) is 0 Å². The molecule has 0 saturated heterocycles. The lowest BCUT2D eigenvalue weighted by molar-refractivity contribution is -0.142. The molecule has 1 aromatic carbocycles. The van der Waals surface area contributed by atoms with Gasteiger partial charge in [-0.25, -0.2) is 4.79 Å². The van der Waals surface area contributed by atoms with E-state index >= 15 is 0 Å². The minimum atomic E-state index is -0.658. The van der Waals surface area contributed by atoms with Crippen LogP contribution in [0.3, 0.4) is 0 Å². The number of benzene rings is 1. The highest BCUT2D eigenvalue weighted by Gasteiger charge is 2.19. The Morgan fingerprint density at radius 3 is 2.44 bits per heavy atom. The molecular weight excluding hydrogens is 575 g/mol. The van der Waals surface area contributed by atoms with Crippen LogP contribution in [0.15, 0.2) is 12.1 Å². The van der Waals surface area contributed by atoms with E-state index in [4.69, 9.17) is 0 Å². The molecule has 0 aromatic heterocycles. The Bertz CT molecular complexity index is 491. The number of carbonyl (C=O) groups is 2. The number of rotatable bonds is 3. The lowest BCUT2D eigenvalue weighted by Crippen LogP contribution is -2.39. The molecular formula is C11H10I3NO3. The number of esters is 1. The van der Waals surface area contributed by atoms with E-state index in [0.29, 0.717) is 5.56 Å². The monoisotopic (exact) mass is 585 g/mol. The Hall–Kier alpha value is 0.350. The van der Waals surface area contributed by atoms with Crippen molar-refractivity contribution in [1.29, 1.82) is 0 Å². The number of methoxy groups -OCH3 is 1. The molecule has 0 aliphatic carbocycles. The molecule has 18 heavy (non-hydrogen) atoms. The van der Waals surface area contributed by atoms with Gasteiger partial charge in [0.15, 0.2) is 0 Å². The van der Waals surface area contributed by atoms with Gasteiger partial charge in [0.2, 0.25) is 0 Å². The molecule has 0 fully saturated rings. The zero-order valence-corrected chi connectivity index (χ0v) is 16.1. The van der Waals surface area contributed by atoms with Crippen molar-refractivity contribution in [2.75, 3.05) is 7.11 Å². The number of halogens is 3. The summed E-state index contributed by atoms with van der Waals surface area (Å²) < 4.78 is 7.44. The van der Waals surface area contributed by atoms with Crippen LogP contribution in [-0.4, -0.2) is 25.0 Å². The van der Waals surface area contributed by atoms with E-state index in [1.807, 2.05) is 6.07 Å². The summed E-state index contributed by atoms with van der Waals surface area (Å²) in [5, 5.41) is 2.62. The van der Waals surface area contributed by atoms with Gasteiger partial charge in [-0.15, -0.1) is 0 Å². The fourth-order valence-corrected chi connectivity index (χ4v) is 3.63. The highest BCUT2D eigenvalue weighted by molar-refractivity contribution is 14.1. The van der Waals surface area contributed by atoms with E-state index in [1.54, 1.807) is 13.0 Å². The van der Waals surface area contributed by atoms with E-state index in [9.17, 15) is 9.59 Å². The number of nitrogens with one attached hydrogen (secondary N) is 1. The largest absolute Gasteiger partial charge is 0.467 e. The Kier molecular flexibility index (Phi) is 6.58. The Balaban J connectivity index is 2.95. The molecule has 1 aromatic rings. The molecule has 0 heterocycles. The first kappa shape index (κ1) is 16.4. The molecule has 98 valence electrons. The van der Waals surface area contributed by atoms with Crippen LogP contribution in [0.2, 0.25) is 0 Å². The lowest BCUT2D eigenvalue weighted by atomic mass is 10.2. The molecule has 0 aliphatic rings. The fraction of sp³-hybridized carbons (Fsp3) is 0.273. The average Bonchev–Trinajstić information content (AvgIpc) is 2.32. The topological polar surface area (TPSA) is 55.4 Å². The Morgan fingerprint density at radius 2 is 1.89 bits per heavy atom. The van der Waals surface area contributed by atoms with Gasteiger partial charge >= 0.3 is 5.97 Å². The summed E-state index contributed by atoms with van der Waals surface area (Å²) in [4.78, 5) is 23.3. The molecule has 0 spiro atoms. The summed E-state index contributed by atoms with van der Waals surface area (Å²) in [7, 11) is 1.29. The van der Waals surface area contributed by atoms with Crippen LogP contribution < -0.4 is 5.32 Å². The number of ether oxygens (including phenoxy) is 1. The van der Waals surface area contributed by atoms with E-state index < -0.39 is 12.0 Å². The summed E-state index contributed by atoms with van der Waals surface area (Å²) in [6.07, 6.45) is 0. The molecule has 0 aliphatic heterocycles. The predicted octanol–water partition coefficient (Wildman–Crippen LogP) is 2.79. The molecule has 0 bridgehead atoms. The van der Waals surface area contributed by atoms with E-state index in [-0.39, 0.29) is 5.91 Å². The number of hydrogen-bond donors (Lipinski definition) is 1. The smallest absolute Gasteiger partial charge is 0.328 e. The minimum Gasteiger partial charge on any atom is -0.467 e. The number of carbonyl (C=O) groups excluding carboxylic acids is 2. The van der Waals surface area contributed by atoms with Gasteiger partial charge in [0, 0.05) is 10.7 Å². The van der Waals surface area contributed by atoms with Crippen molar-refractivity contribution < 1.29 is 14.3 Å². The first-order chi connectivity index (χ1) is 8.36. The van der Waals surface area contributed by atoms with Crippen LogP contribution in [0.5, 0.6) is 0 Å². The molecule has 1 rings (SSSR count). The normalized spacial score (nSPS) is 11.8. The van der Waals surface area contributed by atoms with Crippen molar-refractivity contribution in [2.45, 2.75) is 13.0 Å². The molecule has 7 heteroatoms. The highest BCUT2D eigenvalue weighted by atomic mass is 127. The maximum atomic E-state index is 12.1. The van der Waals surface area contributed by atoms with Gasteiger partial charge in [-0.1, -0.05) is 0 Å². The van der Waals surface area contributed by atoms with Crippen LogP contribution in [-0.2, 0) is 9.53 Å². The van der Waals surface area contributed by atoms with E-state index in [1.165, 1.54) is 7.11 Å². The van der Waals surface area contributed by atoms with Crippen molar-refractivity contribution in [1.82, 2.24) is 5.32 Å². The molecule has 1 amide bonds. The van der Waals surface area contributed by atoms with E-state index in [2.05, 4.69) is 77.8 Å². The third kappa shape index (κ3) is 4.18. The summed E-state index contributed by atoms with van der Waals surface area (Å²) in [5.74, 6) is -0.729. The first-order valence-electron chi connectivity index (χ1n) is 4.90. The lowest BCUT2D eigenvalue weighted by Gasteiger charge is -2.13. The molecule has 1 N–H and O–H groups in total. The second-order valence-corrected chi connectivity index (χ2v) is 6.95. The number of hydrogen-bond acceptors (Lipinski definition) is 3. The molecule has 1 atom stereocenters. The van der Waals surface area contributed by atoms with Crippen LogP contribution >= 0.6 is 67.8 Å². The minimum absolute atomic E-state index is 0.270. The highest BCUT2D eigenvalue weighted by Crippen LogP contribution is 2.22. The van der Waals surface area contributed by atoms with Crippen LogP contribution in [0.25, 0.3) is 0 Å². The molecule has 4 nitrogen and oxygen atoms in total. The van der Waals surface area contributed by atoms with Gasteiger partial charge in [-0.3, -0.25) is 4.79 Å². The van der Waals surface area contributed by atoms with Crippen LogP contribution in [0.4, 0.5) is 0 Å². The Labute approximate surface area is 146 Å². The van der Waals surface area contributed by atoms with Crippen molar-refractivity contribution in [3.63, 3.8) is 0 Å². The predicted molar refractivity (Wildman–Crippen MR) is 93.5 cm³/mol. The zero-order chi connectivity index (χ0) is 13.9. The maximum Gasteiger partial charge on any atom is 0.328 e. The van der Waals surface area contributed by atoms with Crippen molar-refractivity contribution in [3.8, 4) is 0 Å². The third-order valence-electron chi connectivity index (χ3n) is 2.14. The van der Waals surface area contributed by atoms with Crippen LogP contribution in [0, 0.1) is 10.7 Å². The summed E-state index contributed by atoms with van der Waals surface area (Å²) in [5.41, 5.74) is 0.572. The zero-order valence-electron chi connectivity index (χ0n) is 9.59. The van der Waals surface area contributed by atoms with Crippen molar-refractivity contribution >= 4 is 79.6 Å². The summed E-state index contributed by atoms with van der Waals surface area (Å²) >= 11 is 6.46. The quantitative estimate of drug-likeness (QED) is 0.338. The van der Waals surface area contributed by atoms with Gasteiger partial charge in [0.1, 0.15) is 6.04 Å². The third-order valence-corrected chi connectivity index (χ3v) is 5.81. The van der Waals surface area contributed by atoms with E-state index in [0.717, 1.165) is 10.7 Å².